The van der Waals surface area contributed by atoms with Gasteiger partial charge in [-0.1, -0.05) is 32.4 Å². The van der Waals surface area contributed by atoms with E-state index in [0.29, 0.717) is 11.4 Å². The molecule has 1 aromatic carbocycles. The fourth-order valence-electron chi connectivity index (χ4n) is 3.27. The van der Waals surface area contributed by atoms with E-state index < -0.39 is 0 Å². The van der Waals surface area contributed by atoms with Gasteiger partial charge in [0.2, 0.25) is 5.91 Å². The van der Waals surface area contributed by atoms with Crippen LogP contribution in [0.25, 0.3) is 0 Å². The number of anilines is 2. The first-order valence-corrected chi connectivity index (χ1v) is 9.10. The van der Waals surface area contributed by atoms with Crippen molar-refractivity contribution >= 4 is 28.9 Å². The number of carbonyl (C=O) groups excluding carboxylic acids is 1. The molecular weight excluding hydrogens is 334 g/mol. The van der Waals surface area contributed by atoms with E-state index in [2.05, 4.69) is 60.0 Å². The lowest BCUT2D eigenvalue weighted by Gasteiger charge is -2.31. The third-order valence-corrected chi connectivity index (χ3v) is 4.78. The second-order valence-electron chi connectivity index (χ2n) is 8.02. The van der Waals surface area contributed by atoms with E-state index in [1.807, 2.05) is 13.0 Å². The summed E-state index contributed by atoms with van der Waals surface area (Å²) < 4.78 is 2.28. The molecule has 1 aliphatic heterocycles. The number of halogens is 1. The Morgan fingerprint density at radius 2 is 2.04 bits per heavy atom. The van der Waals surface area contributed by atoms with Gasteiger partial charge in [-0.05, 0) is 42.2 Å². The minimum absolute atomic E-state index is 0.000972. The van der Waals surface area contributed by atoms with Crippen LogP contribution in [0, 0.1) is 12.3 Å². The van der Waals surface area contributed by atoms with Crippen molar-refractivity contribution in [3.05, 3.63) is 46.7 Å². The Labute approximate surface area is 154 Å². The number of nitrogens with zero attached hydrogens (tertiary/aromatic N) is 2. The topological polar surface area (TPSA) is 37.3 Å². The molecule has 1 N–H and O–H groups in total. The molecule has 0 unspecified atom stereocenters. The van der Waals surface area contributed by atoms with Crippen LogP contribution in [0.3, 0.4) is 0 Å². The van der Waals surface area contributed by atoms with Gasteiger partial charge in [-0.2, -0.15) is 0 Å². The zero-order valence-electron chi connectivity index (χ0n) is 15.4. The molecule has 0 radical (unpaired) electrons. The number of hydrogen-bond acceptors (Lipinski definition) is 2. The number of aryl methyl sites for hydroxylation is 1. The largest absolute Gasteiger partial charge is 0.364 e. The highest BCUT2D eigenvalue weighted by molar-refractivity contribution is 6.34. The van der Waals surface area contributed by atoms with Crippen LogP contribution < -0.4 is 10.2 Å². The lowest BCUT2D eigenvalue weighted by Crippen LogP contribution is -2.33. The van der Waals surface area contributed by atoms with Gasteiger partial charge in [-0.25, -0.2) is 0 Å². The standard InChI is InChI=1S/C20H26ClN3O/c1-14-10-16(24-9-8-23-7-5-6-15(23)13-24)11-17(21)19(14)22-18(25)12-20(2,3)4/h5-7,10-11H,8-9,12-13H2,1-4H3,(H,22,25). The van der Waals surface area contributed by atoms with Crippen molar-refractivity contribution in [3.63, 3.8) is 0 Å². The first-order chi connectivity index (χ1) is 11.7. The normalized spacial score (nSPS) is 14.4. The van der Waals surface area contributed by atoms with Crippen molar-refractivity contribution in [1.82, 2.24) is 4.57 Å². The summed E-state index contributed by atoms with van der Waals surface area (Å²) in [5.74, 6) is 0.000972. The van der Waals surface area contributed by atoms with Crippen molar-refractivity contribution in [3.8, 4) is 0 Å². The minimum atomic E-state index is -0.0485. The lowest BCUT2D eigenvalue weighted by molar-refractivity contribution is -0.117. The average molecular weight is 360 g/mol. The number of amides is 1. The molecule has 0 bridgehead atoms. The Balaban J connectivity index is 1.78. The van der Waals surface area contributed by atoms with Crippen LogP contribution >= 0.6 is 11.6 Å². The molecule has 3 rings (SSSR count). The molecule has 0 aliphatic carbocycles. The van der Waals surface area contributed by atoms with E-state index in [0.717, 1.165) is 36.6 Å². The van der Waals surface area contributed by atoms with Gasteiger partial charge in [0.1, 0.15) is 0 Å². The molecule has 2 heterocycles. The average Bonchev–Trinajstić information content (AvgIpc) is 2.96. The number of rotatable bonds is 3. The van der Waals surface area contributed by atoms with E-state index in [9.17, 15) is 4.79 Å². The molecule has 0 saturated heterocycles. The Morgan fingerprint density at radius 3 is 2.72 bits per heavy atom. The molecule has 0 saturated carbocycles. The molecule has 0 fully saturated rings. The first-order valence-electron chi connectivity index (χ1n) is 8.72. The van der Waals surface area contributed by atoms with Gasteiger partial charge < -0.3 is 14.8 Å². The Morgan fingerprint density at radius 1 is 1.28 bits per heavy atom. The molecule has 0 atom stereocenters. The van der Waals surface area contributed by atoms with Crippen molar-refractivity contribution in [2.75, 3.05) is 16.8 Å². The van der Waals surface area contributed by atoms with Gasteiger partial charge in [0.25, 0.3) is 0 Å². The monoisotopic (exact) mass is 359 g/mol. The highest BCUT2D eigenvalue weighted by Gasteiger charge is 2.20. The Kier molecular flexibility index (Phi) is 4.83. The van der Waals surface area contributed by atoms with Crippen LogP contribution in [0.4, 0.5) is 11.4 Å². The Bertz CT molecular complexity index is 765. The van der Waals surface area contributed by atoms with Gasteiger partial charge in [0.15, 0.2) is 0 Å². The highest BCUT2D eigenvalue weighted by atomic mass is 35.5. The summed E-state index contributed by atoms with van der Waals surface area (Å²) in [7, 11) is 0. The number of nitrogens with one attached hydrogen (secondary N) is 1. The fraction of sp³-hybridized carbons (Fsp3) is 0.450. The summed E-state index contributed by atoms with van der Waals surface area (Å²) in [5.41, 5.74) is 4.07. The molecule has 0 spiro atoms. The molecule has 2 aromatic rings. The maximum absolute atomic E-state index is 12.2. The molecule has 25 heavy (non-hydrogen) atoms. The highest BCUT2D eigenvalue weighted by Crippen LogP contribution is 2.33. The fourth-order valence-corrected chi connectivity index (χ4v) is 3.57. The van der Waals surface area contributed by atoms with E-state index >= 15 is 0 Å². The second-order valence-corrected chi connectivity index (χ2v) is 8.43. The van der Waals surface area contributed by atoms with Crippen molar-refractivity contribution in [2.24, 2.45) is 5.41 Å². The third kappa shape index (κ3) is 4.18. The quantitative estimate of drug-likeness (QED) is 0.850. The third-order valence-electron chi connectivity index (χ3n) is 4.48. The van der Waals surface area contributed by atoms with Crippen LogP contribution in [0.15, 0.2) is 30.5 Å². The zero-order valence-corrected chi connectivity index (χ0v) is 16.2. The molecular formula is C20H26ClN3O. The van der Waals surface area contributed by atoms with E-state index in [1.165, 1.54) is 5.69 Å². The SMILES string of the molecule is Cc1cc(N2CCn3cccc3C2)cc(Cl)c1NC(=O)CC(C)(C)C. The van der Waals surface area contributed by atoms with Crippen LogP contribution in [-0.4, -0.2) is 17.0 Å². The number of fused-ring (bicyclic) bond motifs is 1. The number of carbonyl (C=O) groups is 1. The number of hydrogen-bond donors (Lipinski definition) is 1. The summed E-state index contributed by atoms with van der Waals surface area (Å²) in [6.45, 7) is 11.0. The van der Waals surface area contributed by atoms with Crippen molar-refractivity contribution in [1.29, 1.82) is 0 Å². The van der Waals surface area contributed by atoms with Gasteiger partial charge in [-0.3, -0.25) is 4.79 Å². The van der Waals surface area contributed by atoms with Gasteiger partial charge in [-0.15, -0.1) is 0 Å². The van der Waals surface area contributed by atoms with Crippen molar-refractivity contribution < 1.29 is 4.79 Å². The van der Waals surface area contributed by atoms with Crippen LogP contribution in [0.2, 0.25) is 5.02 Å². The zero-order chi connectivity index (χ0) is 18.2. The molecule has 5 heteroatoms. The second kappa shape index (κ2) is 6.75. The van der Waals surface area contributed by atoms with Crippen LogP contribution in [0.5, 0.6) is 0 Å². The van der Waals surface area contributed by atoms with Gasteiger partial charge >= 0.3 is 0 Å². The molecule has 1 aliphatic rings. The maximum atomic E-state index is 12.2. The Hall–Kier alpha value is -1.94. The smallest absolute Gasteiger partial charge is 0.224 e. The first kappa shape index (κ1) is 17.9. The summed E-state index contributed by atoms with van der Waals surface area (Å²) >= 11 is 6.50. The van der Waals surface area contributed by atoms with E-state index in [-0.39, 0.29) is 11.3 Å². The van der Waals surface area contributed by atoms with Crippen LogP contribution in [0.1, 0.15) is 38.4 Å². The summed E-state index contributed by atoms with van der Waals surface area (Å²) in [6, 6.07) is 8.31. The minimum Gasteiger partial charge on any atom is -0.364 e. The van der Waals surface area contributed by atoms with Crippen LogP contribution in [-0.2, 0) is 17.9 Å². The van der Waals surface area contributed by atoms with E-state index in [1.54, 1.807) is 0 Å². The summed E-state index contributed by atoms with van der Waals surface area (Å²) in [5, 5.41) is 3.58. The molecule has 1 aromatic heterocycles. The summed E-state index contributed by atoms with van der Waals surface area (Å²) in [6.07, 6.45) is 2.59. The van der Waals surface area contributed by atoms with Gasteiger partial charge in [0, 0.05) is 37.1 Å². The maximum Gasteiger partial charge on any atom is 0.224 e. The lowest BCUT2D eigenvalue weighted by atomic mass is 9.92. The molecule has 4 nitrogen and oxygen atoms in total. The number of aromatic nitrogens is 1. The summed E-state index contributed by atoms with van der Waals surface area (Å²) in [4.78, 5) is 14.6. The predicted octanol–water partition coefficient (Wildman–Crippen LogP) is 4.84. The number of benzene rings is 1. The molecule has 1 amide bonds. The van der Waals surface area contributed by atoms with Crippen molar-refractivity contribution in [2.45, 2.75) is 47.2 Å². The van der Waals surface area contributed by atoms with E-state index in [4.69, 9.17) is 11.6 Å². The van der Waals surface area contributed by atoms with Gasteiger partial charge in [0.05, 0.1) is 17.3 Å². The molecule has 134 valence electrons. The predicted molar refractivity (Wildman–Crippen MR) is 104 cm³/mol.